The number of benzene rings is 1. The highest BCUT2D eigenvalue weighted by atomic mass is 16.5. The number of amides is 3. The number of aryl methyl sites for hydroxylation is 1. The fraction of sp³-hybridized carbons (Fsp3) is 0.712. The van der Waals surface area contributed by atoms with Crippen LogP contribution in [0.3, 0.4) is 0 Å². The summed E-state index contributed by atoms with van der Waals surface area (Å²) < 4.78 is 15.4. The summed E-state index contributed by atoms with van der Waals surface area (Å²) in [6, 6.07) is 8.04. The Hall–Kier alpha value is -4.81. The number of nitrogens with zero attached hydrogens (tertiary/aromatic N) is 8. The van der Waals surface area contributed by atoms with Crippen LogP contribution in [0.25, 0.3) is 22.2 Å². The van der Waals surface area contributed by atoms with E-state index in [2.05, 4.69) is 105 Å². The molecule has 1 spiro atoms. The van der Waals surface area contributed by atoms with Crippen LogP contribution in [-0.2, 0) is 41.6 Å². The molecule has 9 aliphatic rings. The molecule has 3 amide bonds. The third-order valence-corrected chi connectivity index (χ3v) is 19.0. The standard InChI is InChI=1S/C59H85N11O6/c1-6-69-50-16-15-41-28-44(50)46(53(69)45-29-42(32-61-51(45)38(2)3)65-24-22-64(23-25-65)40-13-14-40)31-58(4,5)37-76-57(74)47-12-9-19-70(63-47)56(73)48(30-43-34-66(41)26-27-75-43)62-54(71)52(39-10-7-8-11-39)67-20-17-59(35-67)18-21-68(36-59)55(72)49-33-60-49/h15-16,28-29,32,38-40,43,47-49,52,60,63H,6-14,17-27,30-31,33-37H2,1-5H3,(H,62,71)/t43-,47-,48-,49+,52-,59-/m0/s1. The van der Waals surface area contributed by atoms with Gasteiger partial charge in [0, 0.05) is 124 Å². The van der Waals surface area contributed by atoms with E-state index in [1.807, 2.05) is 4.90 Å². The minimum atomic E-state index is -0.888. The van der Waals surface area contributed by atoms with Crippen LogP contribution in [0.15, 0.2) is 30.5 Å². The number of piperazine rings is 1. The molecule has 7 aliphatic heterocycles. The highest BCUT2D eigenvalue weighted by molar-refractivity contribution is 5.95. The number of hydrazine groups is 1. The molecule has 2 saturated carbocycles. The first-order chi connectivity index (χ1) is 36.7. The third kappa shape index (κ3) is 10.5. The molecule has 3 N–H and O–H groups in total. The summed E-state index contributed by atoms with van der Waals surface area (Å²) in [5.41, 5.74) is 10.9. The predicted molar refractivity (Wildman–Crippen MR) is 294 cm³/mol. The molecule has 76 heavy (non-hydrogen) atoms. The SMILES string of the molecule is CCn1c(-c2cc(N3CCN(C4CC4)CC3)cnc2C(C)C)c2c3cc(ccc31)N1CCO[C@@H](C[C@H](NC(=O)[C@H](C3CCCC3)N3CC[C@]4(CCN(C(=O)[C@H]5CN5)C4)C3)C(=O)N3CCC[C@H](N3)C(=O)OCC(C)(C)C2)C1. The fourth-order valence-corrected chi connectivity index (χ4v) is 14.6. The minimum absolute atomic E-state index is 0.0257. The van der Waals surface area contributed by atoms with Gasteiger partial charge in [-0.2, -0.15) is 0 Å². The second-order valence-corrected chi connectivity index (χ2v) is 25.5. The maximum absolute atomic E-state index is 15.2. The number of esters is 1. The van der Waals surface area contributed by atoms with E-state index in [1.54, 1.807) is 5.01 Å². The number of ether oxygens (including phenoxy) is 2. The molecule has 0 unspecified atom stereocenters. The summed E-state index contributed by atoms with van der Waals surface area (Å²) in [6.45, 7) is 22.2. The highest BCUT2D eigenvalue weighted by Gasteiger charge is 2.51. The lowest BCUT2D eigenvalue weighted by Crippen LogP contribution is -2.62. The van der Waals surface area contributed by atoms with Gasteiger partial charge in [-0.15, -0.1) is 0 Å². The lowest BCUT2D eigenvalue weighted by Gasteiger charge is -2.39. The molecule has 17 heteroatoms. The zero-order valence-corrected chi connectivity index (χ0v) is 46.1. The molecule has 6 bridgehead atoms. The fourth-order valence-electron chi connectivity index (χ4n) is 14.6. The molecule has 6 saturated heterocycles. The Labute approximate surface area is 450 Å². The van der Waals surface area contributed by atoms with Crippen molar-refractivity contribution < 1.29 is 28.7 Å². The maximum Gasteiger partial charge on any atom is 0.324 e. The first-order valence-electron chi connectivity index (χ1n) is 29.6. The molecule has 0 radical (unpaired) electrons. The number of carbonyl (C=O) groups is 4. The molecule has 17 nitrogen and oxygen atoms in total. The van der Waals surface area contributed by atoms with E-state index in [1.165, 1.54) is 40.7 Å². The second kappa shape index (κ2) is 21.1. The molecule has 412 valence electrons. The number of fused-ring (bicyclic) bond motifs is 6. The normalized spacial score (nSPS) is 29.4. The van der Waals surface area contributed by atoms with Gasteiger partial charge < -0.3 is 39.4 Å². The molecular formula is C59H85N11O6. The molecule has 6 atom stereocenters. The molecule has 2 aliphatic carbocycles. The Morgan fingerprint density at radius 2 is 1.68 bits per heavy atom. The van der Waals surface area contributed by atoms with Crippen molar-refractivity contribution in [3.63, 3.8) is 0 Å². The average Bonchev–Trinajstić information content (AvgIpc) is 4.40. The molecule has 2 aromatic heterocycles. The van der Waals surface area contributed by atoms with Crippen LogP contribution in [0, 0.1) is 16.7 Å². The number of pyridine rings is 1. The van der Waals surface area contributed by atoms with E-state index in [9.17, 15) is 9.59 Å². The quantitative estimate of drug-likeness (QED) is 0.177. The first-order valence-corrected chi connectivity index (χ1v) is 29.6. The summed E-state index contributed by atoms with van der Waals surface area (Å²) in [5.74, 6) is -0.152. The van der Waals surface area contributed by atoms with Gasteiger partial charge in [0.2, 0.25) is 11.8 Å². The number of aromatic nitrogens is 2. The van der Waals surface area contributed by atoms with Gasteiger partial charge in [-0.05, 0) is 113 Å². The number of hydrogen-bond acceptors (Lipinski definition) is 13. The number of carbonyl (C=O) groups excluding carboxylic acids is 4. The second-order valence-electron chi connectivity index (χ2n) is 25.5. The van der Waals surface area contributed by atoms with Crippen molar-refractivity contribution in [2.24, 2.45) is 16.7 Å². The maximum atomic E-state index is 15.2. The molecule has 9 heterocycles. The van der Waals surface area contributed by atoms with Crippen molar-refractivity contribution in [3.8, 4) is 11.3 Å². The van der Waals surface area contributed by atoms with Gasteiger partial charge in [0.25, 0.3) is 5.91 Å². The number of cyclic esters (lactones) is 1. The Bertz CT molecular complexity index is 2670. The molecule has 12 rings (SSSR count). The van der Waals surface area contributed by atoms with Crippen LogP contribution in [0.1, 0.15) is 122 Å². The number of rotatable bonds is 10. The van der Waals surface area contributed by atoms with Crippen LogP contribution in [0.5, 0.6) is 0 Å². The summed E-state index contributed by atoms with van der Waals surface area (Å²) in [6.07, 6.45) is 12.5. The Kier molecular flexibility index (Phi) is 14.4. The Balaban J connectivity index is 0.867. The van der Waals surface area contributed by atoms with Crippen LogP contribution >= 0.6 is 0 Å². The minimum Gasteiger partial charge on any atom is -0.464 e. The molecule has 3 aromatic rings. The third-order valence-electron chi connectivity index (χ3n) is 19.0. The highest BCUT2D eigenvalue weighted by Crippen LogP contribution is 2.45. The summed E-state index contributed by atoms with van der Waals surface area (Å²) in [5, 5.41) is 9.32. The van der Waals surface area contributed by atoms with Gasteiger partial charge in [0.05, 0.1) is 54.7 Å². The van der Waals surface area contributed by atoms with Crippen LogP contribution < -0.4 is 25.9 Å². The van der Waals surface area contributed by atoms with E-state index < -0.39 is 17.5 Å². The van der Waals surface area contributed by atoms with Crippen molar-refractivity contribution in [2.75, 3.05) is 102 Å². The predicted octanol–water partition coefficient (Wildman–Crippen LogP) is 5.29. The Morgan fingerprint density at radius 3 is 2.43 bits per heavy atom. The van der Waals surface area contributed by atoms with Gasteiger partial charge >= 0.3 is 5.97 Å². The number of likely N-dealkylation sites (tertiary alicyclic amines) is 2. The van der Waals surface area contributed by atoms with Crippen LogP contribution in [0.2, 0.25) is 0 Å². The van der Waals surface area contributed by atoms with Crippen molar-refractivity contribution in [2.45, 2.75) is 160 Å². The number of morpholine rings is 1. The summed E-state index contributed by atoms with van der Waals surface area (Å²) in [4.78, 5) is 75.0. The van der Waals surface area contributed by atoms with Crippen molar-refractivity contribution in [3.05, 3.63) is 41.7 Å². The first kappa shape index (κ1) is 51.9. The van der Waals surface area contributed by atoms with Gasteiger partial charge in [-0.1, -0.05) is 40.5 Å². The van der Waals surface area contributed by atoms with E-state index in [0.717, 1.165) is 127 Å². The van der Waals surface area contributed by atoms with Gasteiger partial charge in [0.15, 0.2) is 0 Å². The zero-order chi connectivity index (χ0) is 52.5. The lowest BCUT2D eigenvalue weighted by atomic mass is 9.84. The monoisotopic (exact) mass is 1040 g/mol. The largest absolute Gasteiger partial charge is 0.464 e. The summed E-state index contributed by atoms with van der Waals surface area (Å²) >= 11 is 0. The van der Waals surface area contributed by atoms with E-state index in [0.29, 0.717) is 45.5 Å². The smallest absolute Gasteiger partial charge is 0.324 e. The number of hydrogen-bond donors (Lipinski definition) is 3. The Morgan fingerprint density at radius 1 is 0.895 bits per heavy atom. The molecule has 8 fully saturated rings. The van der Waals surface area contributed by atoms with E-state index in [4.69, 9.17) is 14.5 Å². The topological polar surface area (TPSA) is 170 Å². The van der Waals surface area contributed by atoms with E-state index in [-0.39, 0.29) is 72.2 Å². The van der Waals surface area contributed by atoms with Crippen molar-refractivity contribution in [1.29, 1.82) is 0 Å². The molecule has 1 aromatic carbocycles. The van der Waals surface area contributed by atoms with Gasteiger partial charge in [-0.3, -0.25) is 39.0 Å². The summed E-state index contributed by atoms with van der Waals surface area (Å²) in [7, 11) is 0. The van der Waals surface area contributed by atoms with E-state index >= 15 is 9.59 Å². The van der Waals surface area contributed by atoms with Crippen molar-refractivity contribution >= 4 is 46.0 Å². The lowest BCUT2D eigenvalue weighted by molar-refractivity contribution is -0.156. The average molecular weight is 1040 g/mol. The zero-order valence-electron chi connectivity index (χ0n) is 46.1. The van der Waals surface area contributed by atoms with Crippen molar-refractivity contribution in [1.82, 2.24) is 45.3 Å². The number of anilines is 2. The molecular weight excluding hydrogens is 959 g/mol. The van der Waals surface area contributed by atoms with Crippen LogP contribution in [0.4, 0.5) is 11.4 Å². The van der Waals surface area contributed by atoms with Gasteiger partial charge in [0.1, 0.15) is 12.1 Å². The van der Waals surface area contributed by atoms with Gasteiger partial charge in [-0.25, -0.2) is 5.43 Å². The number of nitrogens with one attached hydrogen (secondary N) is 3. The van der Waals surface area contributed by atoms with Crippen LogP contribution in [-0.4, -0.2) is 181 Å².